The molecule has 0 aliphatic heterocycles. The van der Waals surface area contributed by atoms with Gasteiger partial charge in [0, 0.05) is 24.3 Å². The first kappa shape index (κ1) is 19.5. The number of anilines is 2. The molecular weight excluding hydrogens is 328 g/mol. The summed E-state index contributed by atoms with van der Waals surface area (Å²) in [4.78, 5) is 23.6. The number of benzene rings is 2. The average molecular weight is 354 g/mol. The Hall–Kier alpha value is -2.82. The lowest BCUT2D eigenvalue weighted by atomic mass is 9.87. The Morgan fingerprint density at radius 3 is 2.31 bits per heavy atom. The van der Waals surface area contributed by atoms with E-state index in [1.807, 2.05) is 30.3 Å². The standard InChI is InChI=1S/C21H26N2O3/c1-21(2,3)16-8-10-17(11-9-16)23-19(24)12-13-22-18-7-5-6-15(14-18)20(25)26-4/h5-11,14,22H,12-13H2,1-4H3,(H,23,24). The number of rotatable bonds is 6. The van der Waals surface area contributed by atoms with E-state index in [2.05, 4.69) is 31.4 Å². The molecule has 2 aromatic rings. The van der Waals surface area contributed by atoms with Gasteiger partial charge in [0.05, 0.1) is 12.7 Å². The second-order valence-corrected chi connectivity index (χ2v) is 7.12. The summed E-state index contributed by atoms with van der Waals surface area (Å²) in [5.41, 5.74) is 3.35. The van der Waals surface area contributed by atoms with Crippen LogP contribution in [0.5, 0.6) is 0 Å². The summed E-state index contributed by atoms with van der Waals surface area (Å²) in [6.07, 6.45) is 0.323. The molecule has 5 nitrogen and oxygen atoms in total. The number of hydrogen-bond donors (Lipinski definition) is 2. The van der Waals surface area contributed by atoms with Crippen molar-refractivity contribution in [3.8, 4) is 0 Å². The maximum Gasteiger partial charge on any atom is 0.337 e. The smallest absolute Gasteiger partial charge is 0.337 e. The molecule has 0 radical (unpaired) electrons. The first-order valence-corrected chi connectivity index (χ1v) is 8.62. The zero-order chi connectivity index (χ0) is 19.2. The van der Waals surface area contributed by atoms with Crippen molar-refractivity contribution in [1.82, 2.24) is 0 Å². The summed E-state index contributed by atoms with van der Waals surface area (Å²) < 4.78 is 4.70. The fourth-order valence-electron chi connectivity index (χ4n) is 2.47. The second-order valence-electron chi connectivity index (χ2n) is 7.12. The van der Waals surface area contributed by atoms with Gasteiger partial charge in [0.1, 0.15) is 0 Å². The molecule has 0 spiro atoms. The van der Waals surface area contributed by atoms with Crippen molar-refractivity contribution in [3.63, 3.8) is 0 Å². The van der Waals surface area contributed by atoms with Gasteiger partial charge in [-0.3, -0.25) is 4.79 Å². The minimum Gasteiger partial charge on any atom is -0.465 e. The molecule has 0 saturated heterocycles. The van der Waals surface area contributed by atoms with Crippen LogP contribution in [0.2, 0.25) is 0 Å². The van der Waals surface area contributed by atoms with Crippen molar-refractivity contribution < 1.29 is 14.3 Å². The lowest BCUT2D eigenvalue weighted by molar-refractivity contribution is -0.115. The molecule has 0 saturated carbocycles. The minimum atomic E-state index is -0.384. The summed E-state index contributed by atoms with van der Waals surface area (Å²) in [5.74, 6) is -0.449. The van der Waals surface area contributed by atoms with Crippen LogP contribution in [-0.4, -0.2) is 25.5 Å². The van der Waals surface area contributed by atoms with Gasteiger partial charge in [-0.25, -0.2) is 4.79 Å². The SMILES string of the molecule is COC(=O)c1cccc(NCCC(=O)Nc2ccc(C(C)(C)C)cc2)c1. The molecule has 0 bridgehead atoms. The third-order valence-corrected chi connectivity index (χ3v) is 4.00. The van der Waals surface area contributed by atoms with E-state index in [0.717, 1.165) is 11.4 Å². The Bertz CT molecular complexity index is 762. The first-order chi connectivity index (χ1) is 12.3. The van der Waals surface area contributed by atoms with Gasteiger partial charge in [-0.2, -0.15) is 0 Å². The quantitative estimate of drug-likeness (QED) is 0.763. The Balaban J connectivity index is 1.83. The van der Waals surface area contributed by atoms with E-state index in [4.69, 9.17) is 4.74 Å². The highest BCUT2D eigenvalue weighted by molar-refractivity contribution is 5.91. The van der Waals surface area contributed by atoms with Crippen molar-refractivity contribution in [1.29, 1.82) is 0 Å². The fourth-order valence-corrected chi connectivity index (χ4v) is 2.47. The van der Waals surface area contributed by atoms with Crippen molar-refractivity contribution in [2.75, 3.05) is 24.3 Å². The molecule has 0 unspecified atom stereocenters. The number of ether oxygens (including phenoxy) is 1. The molecule has 2 N–H and O–H groups in total. The van der Waals surface area contributed by atoms with E-state index >= 15 is 0 Å². The second kappa shape index (κ2) is 8.52. The van der Waals surface area contributed by atoms with Crippen molar-refractivity contribution in [3.05, 3.63) is 59.7 Å². The lowest BCUT2D eigenvalue weighted by Gasteiger charge is -2.19. The van der Waals surface area contributed by atoms with E-state index in [0.29, 0.717) is 18.5 Å². The molecule has 1 amide bonds. The van der Waals surface area contributed by atoms with E-state index in [9.17, 15) is 9.59 Å². The largest absolute Gasteiger partial charge is 0.465 e. The summed E-state index contributed by atoms with van der Waals surface area (Å²) in [6, 6.07) is 14.9. The van der Waals surface area contributed by atoms with Gasteiger partial charge in [0.25, 0.3) is 0 Å². The minimum absolute atomic E-state index is 0.0647. The maximum atomic E-state index is 12.1. The van der Waals surface area contributed by atoms with Crippen LogP contribution in [0.3, 0.4) is 0 Å². The molecule has 2 aromatic carbocycles. The van der Waals surface area contributed by atoms with Gasteiger partial charge in [0.15, 0.2) is 0 Å². The molecule has 0 aliphatic rings. The summed E-state index contributed by atoms with van der Waals surface area (Å²) >= 11 is 0. The zero-order valence-electron chi connectivity index (χ0n) is 15.8. The third kappa shape index (κ3) is 5.62. The summed E-state index contributed by atoms with van der Waals surface area (Å²) in [6.45, 7) is 6.93. The summed E-state index contributed by atoms with van der Waals surface area (Å²) in [5, 5.41) is 6.03. The number of methoxy groups -OCH3 is 1. The highest BCUT2D eigenvalue weighted by Gasteiger charge is 2.13. The van der Waals surface area contributed by atoms with Gasteiger partial charge in [-0.05, 0) is 41.3 Å². The molecule has 26 heavy (non-hydrogen) atoms. The fraction of sp³-hybridized carbons (Fsp3) is 0.333. The van der Waals surface area contributed by atoms with Gasteiger partial charge in [-0.1, -0.05) is 39.0 Å². The van der Waals surface area contributed by atoms with Gasteiger partial charge < -0.3 is 15.4 Å². The Morgan fingerprint density at radius 2 is 1.69 bits per heavy atom. The molecule has 0 fully saturated rings. The highest BCUT2D eigenvalue weighted by atomic mass is 16.5. The molecule has 2 rings (SSSR count). The number of amides is 1. The van der Waals surface area contributed by atoms with Crippen LogP contribution in [0.15, 0.2) is 48.5 Å². The number of nitrogens with one attached hydrogen (secondary N) is 2. The van der Waals surface area contributed by atoms with E-state index in [1.54, 1.807) is 18.2 Å². The zero-order valence-corrected chi connectivity index (χ0v) is 15.8. The molecule has 138 valence electrons. The van der Waals surface area contributed by atoms with Crippen LogP contribution in [0.4, 0.5) is 11.4 Å². The number of hydrogen-bond acceptors (Lipinski definition) is 4. The predicted octanol–water partition coefficient (Wildman–Crippen LogP) is 4.21. The number of carbonyl (C=O) groups is 2. The van der Waals surface area contributed by atoms with Gasteiger partial charge in [-0.15, -0.1) is 0 Å². The molecule has 0 atom stereocenters. The van der Waals surface area contributed by atoms with Crippen LogP contribution in [0, 0.1) is 0 Å². The van der Waals surface area contributed by atoms with Crippen molar-refractivity contribution in [2.45, 2.75) is 32.6 Å². The highest BCUT2D eigenvalue weighted by Crippen LogP contribution is 2.23. The number of carbonyl (C=O) groups excluding carboxylic acids is 2. The van der Waals surface area contributed by atoms with Crippen LogP contribution in [0.1, 0.15) is 43.1 Å². The number of esters is 1. The Kier molecular flexibility index (Phi) is 6.39. The van der Waals surface area contributed by atoms with Crippen LogP contribution in [0.25, 0.3) is 0 Å². The van der Waals surface area contributed by atoms with Crippen LogP contribution in [-0.2, 0) is 14.9 Å². The van der Waals surface area contributed by atoms with Gasteiger partial charge >= 0.3 is 5.97 Å². The van der Waals surface area contributed by atoms with Crippen molar-refractivity contribution in [2.24, 2.45) is 0 Å². The molecule has 0 heterocycles. The predicted molar refractivity (Wildman–Crippen MR) is 105 cm³/mol. The topological polar surface area (TPSA) is 67.4 Å². The molecule has 0 aliphatic carbocycles. The Morgan fingerprint density at radius 1 is 1.00 bits per heavy atom. The summed E-state index contributed by atoms with van der Waals surface area (Å²) in [7, 11) is 1.35. The maximum absolute atomic E-state index is 12.1. The normalized spacial score (nSPS) is 10.9. The van der Waals surface area contributed by atoms with Gasteiger partial charge in [0.2, 0.25) is 5.91 Å². The van der Waals surface area contributed by atoms with E-state index in [-0.39, 0.29) is 17.3 Å². The lowest BCUT2D eigenvalue weighted by Crippen LogP contribution is -2.17. The average Bonchev–Trinajstić information content (AvgIpc) is 2.61. The Labute approximate surface area is 154 Å². The monoisotopic (exact) mass is 354 g/mol. The third-order valence-electron chi connectivity index (χ3n) is 4.00. The first-order valence-electron chi connectivity index (χ1n) is 8.62. The van der Waals surface area contributed by atoms with E-state index < -0.39 is 0 Å². The van der Waals surface area contributed by atoms with Crippen LogP contribution < -0.4 is 10.6 Å². The molecule has 0 aromatic heterocycles. The van der Waals surface area contributed by atoms with Crippen LogP contribution >= 0.6 is 0 Å². The van der Waals surface area contributed by atoms with E-state index in [1.165, 1.54) is 12.7 Å². The molecule has 5 heteroatoms. The van der Waals surface area contributed by atoms with Crippen molar-refractivity contribution >= 4 is 23.3 Å². The molecular formula is C21H26N2O3.